The molecule has 1 fully saturated rings. The summed E-state index contributed by atoms with van der Waals surface area (Å²) in [6, 6.07) is 1.80. The molecule has 0 aliphatic carbocycles. The first-order chi connectivity index (χ1) is 12.6. The number of likely N-dealkylation sites (tertiary alicyclic amines) is 1. The average molecular weight is 400 g/mol. The van der Waals surface area contributed by atoms with Gasteiger partial charge in [0.15, 0.2) is 5.16 Å². The number of carbonyl (C=O) groups is 1. The number of carbonyl (C=O) groups excluding carboxylic acids is 1. The van der Waals surface area contributed by atoms with Crippen LogP contribution in [0.25, 0.3) is 0 Å². The molecule has 146 valence electrons. The van der Waals surface area contributed by atoms with E-state index in [4.69, 9.17) is 11.6 Å². The molecule has 0 saturated carbocycles. The van der Waals surface area contributed by atoms with E-state index in [2.05, 4.69) is 38.9 Å². The molecule has 0 bridgehead atoms. The van der Waals surface area contributed by atoms with Crippen LogP contribution in [0.5, 0.6) is 0 Å². The second-order valence-corrected chi connectivity index (χ2v) is 7.84. The molecular formula is C18H30ClN5OS. The van der Waals surface area contributed by atoms with Gasteiger partial charge in [0, 0.05) is 32.2 Å². The summed E-state index contributed by atoms with van der Waals surface area (Å²) in [5, 5.41) is 3.95. The van der Waals surface area contributed by atoms with Gasteiger partial charge in [-0.25, -0.2) is 9.97 Å². The van der Waals surface area contributed by atoms with E-state index in [-0.39, 0.29) is 5.91 Å². The standard InChI is InChI=1S/C18H30ClN5OS/c1-3-8-24(9-4-2)16-13-15(19)21-18(22-16)26-14-17(25)20-7-12-23-10-5-6-11-23/h13H,3-12,14H2,1-2H3,(H,20,25). The van der Waals surface area contributed by atoms with E-state index in [1.54, 1.807) is 6.07 Å². The Bertz CT molecular complexity index is 563. The van der Waals surface area contributed by atoms with Gasteiger partial charge < -0.3 is 15.1 Å². The topological polar surface area (TPSA) is 61.4 Å². The predicted octanol–water partition coefficient (Wildman–Crippen LogP) is 3.06. The molecule has 1 aromatic heterocycles. The zero-order valence-electron chi connectivity index (χ0n) is 15.8. The maximum atomic E-state index is 12.0. The molecule has 0 unspecified atom stereocenters. The van der Waals surface area contributed by atoms with Gasteiger partial charge >= 0.3 is 0 Å². The van der Waals surface area contributed by atoms with Crippen LogP contribution in [0.4, 0.5) is 5.82 Å². The summed E-state index contributed by atoms with van der Waals surface area (Å²) in [4.78, 5) is 25.5. The minimum Gasteiger partial charge on any atom is -0.356 e. The Hall–Kier alpha value is -1.05. The number of amides is 1. The largest absolute Gasteiger partial charge is 0.356 e. The zero-order valence-corrected chi connectivity index (χ0v) is 17.4. The maximum absolute atomic E-state index is 12.0. The van der Waals surface area contributed by atoms with Gasteiger partial charge in [-0.3, -0.25) is 4.79 Å². The predicted molar refractivity (Wildman–Crippen MR) is 109 cm³/mol. The number of hydrogen-bond donors (Lipinski definition) is 1. The molecule has 1 aliphatic heterocycles. The van der Waals surface area contributed by atoms with Gasteiger partial charge in [-0.2, -0.15) is 0 Å². The zero-order chi connectivity index (χ0) is 18.8. The molecule has 0 atom stereocenters. The van der Waals surface area contributed by atoms with Crippen LogP contribution < -0.4 is 10.2 Å². The summed E-state index contributed by atoms with van der Waals surface area (Å²) in [7, 11) is 0. The Morgan fingerprint density at radius 2 is 1.96 bits per heavy atom. The average Bonchev–Trinajstić information content (AvgIpc) is 3.13. The van der Waals surface area contributed by atoms with Crippen molar-refractivity contribution in [2.24, 2.45) is 0 Å². The van der Waals surface area contributed by atoms with Crippen LogP contribution in [0, 0.1) is 0 Å². The van der Waals surface area contributed by atoms with Crippen LogP contribution in [0.2, 0.25) is 5.15 Å². The summed E-state index contributed by atoms with van der Waals surface area (Å²) < 4.78 is 0. The van der Waals surface area contributed by atoms with Crippen molar-refractivity contribution in [1.82, 2.24) is 20.2 Å². The Labute approximate surface area is 166 Å². The maximum Gasteiger partial charge on any atom is 0.230 e. The molecule has 0 aromatic carbocycles. The summed E-state index contributed by atoms with van der Waals surface area (Å²) in [6.45, 7) is 10.1. The quantitative estimate of drug-likeness (QED) is 0.350. The van der Waals surface area contributed by atoms with E-state index >= 15 is 0 Å². The van der Waals surface area contributed by atoms with Crippen LogP contribution >= 0.6 is 23.4 Å². The van der Waals surface area contributed by atoms with Crippen molar-refractivity contribution >= 4 is 35.1 Å². The number of rotatable bonds is 11. The van der Waals surface area contributed by atoms with E-state index in [1.807, 2.05) is 0 Å². The smallest absolute Gasteiger partial charge is 0.230 e. The highest BCUT2D eigenvalue weighted by atomic mass is 35.5. The third-order valence-corrected chi connectivity index (χ3v) is 5.29. The highest BCUT2D eigenvalue weighted by Gasteiger charge is 2.13. The number of anilines is 1. The lowest BCUT2D eigenvalue weighted by Crippen LogP contribution is -2.34. The lowest BCUT2D eigenvalue weighted by atomic mass is 10.3. The fraction of sp³-hybridized carbons (Fsp3) is 0.722. The van der Waals surface area contributed by atoms with Crippen LogP contribution in [-0.4, -0.2) is 65.8 Å². The molecule has 8 heteroatoms. The van der Waals surface area contributed by atoms with E-state index in [0.717, 1.165) is 51.4 Å². The van der Waals surface area contributed by atoms with Gasteiger partial charge in [0.05, 0.1) is 5.75 Å². The third-order valence-electron chi connectivity index (χ3n) is 4.25. The van der Waals surface area contributed by atoms with Gasteiger partial charge in [0.25, 0.3) is 0 Å². The van der Waals surface area contributed by atoms with Crippen molar-refractivity contribution in [3.63, 3.8) is 0 Å². The van der Waals surface area contributed by atoms with Gasteiger partial charge in [-0.05, 0) is 38.8 Å². The van der Waals surface area contributed by atoms with Crippen molar-refractivity contribution in [2.45, 2.75) is 44.7 Å². The van der Waals surface area contributed by atoms with Gasteiger partial charge in [0.1, 0.15) is 11.0 Å². The molecule has 0 spiro atoms. The molecule has 1 aliphatic rings. The highest BCUT2D eigenvalue weighted by Crippen LogP contribution is 2.22. The minimum absolute atomic E-state index is 0.0123. The summed E-state index contributed by atoms with van der Waals surface area (Å²) in [5.41, 5.74) is 0. The highest BCUT2D eigenvalue weighted by molar-refractivity contribution is 7.99. The first kappa shape index (κ1) is 21.3. The Kier molecular flexibility index (Phi) is 9.50. The number of halogens is 1. The molecule has 2 heterocycles. The number of nitrogens with zero attached hydrogens (tertiary/aromatic N) is 4. The van der Waals surface area contributed by atoms with Crippen LogP contribution in [-0.2, 0) is 4.79 Å². The van der Waals surface area contributed by atoms with Crippen LogP contribution in [0.15, 0.2) is 11.2 Å². The minimum atomic E-state index is 0.0123. The molecule has 6 nitrogen and oxygen atoms in total. The normalized spacial score (nSPS) is 14.6. The molecule has 1 aromatic rings. The first-order valence-electron chi connectivity index (χ1n) is 9.53. The van der Waals surface area contributed by atoms with E-state index < -0.39 is 0 Å². The SMILES string of the molecule is CCCN(CCC)c1cc(Cl)nc(SCC(=O)NCCN2CCCC2)n1. The van der Waals surface area contributed by atoms with Crippen LogP contribution in [0.3, 0.4) is 0 Å². The monoisotopic (exact) mass is 399 g/mol. The molecule has 1 amide bonds. The number of aromatic nitrogens is 2. The number of nitrogens with one attached hydrogen (secondary N) is 1. The van der Waals surface area contributed by atoms with Crippen molar-refractivity contribution in [1.29, 1.82) is 0 Å². The molecule has 2 rings (SSSR count). The van der Waals surface area contributed by atoms with Gasteiger partial charge in [-0.1, -0.05) is 37.2 Å². The lowest BCUT2D eigenvalue weighted by Gasteiger charge is -2.22. The van der Waals surface area contributed by atoms with E-state index in [1.165, 1.54) is 24.6 Å². The van der Waals surface area contributed by atoms with E-state index in [0.29, 0.717) is 22.6 Å². The summed E-state index contributed by atoms with van der Waals surface area (Å²) in [5.74, 6) is 1.16. The van der Waals surface area contributed by atoms with Crippen LogP contribution in [0.1, 0.15) is 39.5 Å². The molecule has 26 heavy (non-hydrogen) atoms. The Balaban J connectivity index is 1.82. The molecule has 1 N–H and O–H groups in total. The van der Waals surface area contributed by atoms with Gasteiger partial charge in [0.2, 0.25) is 5.91 Å². The first-order valence-corrected chi connectivity index (χ1v) is 10.9. The fourth-order valence-electron chi connectivity index (χ4n) is 3.03. The van der Waals surface area contributed by atoms with Crippen molar-refractivity contribution in [3.8, 4) is 0 Å². The Morgan fingerprint density at radius 3 is 2.62 bits per heavy atom. The van der Waals surface area contributed by atoms with Crippen molar-refractivity contribution in [3.05, 3.63) is 11.2 Å². The summed E-state index contributed by atoms with van der Waals surface area (Å²) in [6.07, 6.45) is 4.63. The molecule has 1 saturated heterocycles. The number of hydrogen-bond acceptors (Lipinski definition) is 6. The fourth-order valence-corrected chi connectivity index (χ4v) is 3.94. The molecular weight excluding hydrogens is 370 g/mol. The van der Waals surface area contributed by atoms with Crippen molar-refractivity contribution < 1.29 is 4.79 Å². The third kappa shape index (κ3) is 7.29. The molecule has 0 radical (unpaired) electrons. The second kappa shape index (κ2) is 11.6. The Morgan fingerprint density at radius 1 is 1.27 bits per heavy atom. The summed E-state index contributed by atoms with van der Waals surface area (Å²) >= 11 is 7.50. The number of thioether (sulfide) groups is 1. The lowest BCUT2D eigenvalue weighted by molar-refractivity contribution is -0.118. The van der Waals surface area contributed by atoms with Gasteiger partial charge in [-0.15, -0.1) is 0 Å². The van der Waals surface area contributed by atoms with E-state index in [9.17, 15) is 4.79 Å². The van der Waals surface area contributed by atoms with Crippen molar-refractivity contribution in [2.75, 3.05) is 49.9 Å². The second-order valence-electron chi connectivity index (χ2n) is 6.51.